The van der Waals surface area contributed by atoms with Crippen LogP contribution in [0.4, 0.5) is 5.82 Å². The van der Waals surface area contributed by atoms with Gasteiger partial charge < -0.3 is 9.80 Å². The van der Waals surface area contributed by atoms with Crippen LogP contribution in [0.15, 0.2) is 47.1 Å². The fraction of sp³-hybridized carbons (Fsp3) is 0.300. The van der Waals surface area contributed by atoms with Gasteiger partial charge in [-0.25, -0.2) is 9.67 Å². The molecule has 1 fully saturated rings. The molecule has 1 amide bonds. The second kappa shape index (κ2) is 7.71. The van der Waals surface area contributed by atoms with E-state index in [4.69, 9.17) is 0 Å². The largest absolute Gasteiger partial charge is 0.353 e. The molecule has 3 heterocycles. The lowest BCUT2D eigenvalue weighted by atomic mass is 10.2. The number of carbonyl (C=O) groups is 1. The van der Waals surface area contributed by atoms with Gasteiger partial charge in [-0.15, -0.1) is 5.10 Å². The van der Waals surface area contributed by atoms with E-state index in [0.29, 0.717) is 18.8 Å². The van der Waals surface area contributed by atoms with Gasteiger partial charge in [0.25, 0.3) is 5.91 Å². The molecule has 1 aliphatic rings. The topological polar surface area (TPSA) is 67.2 Å². The number of aromatic nitrogens is 4. The Balaban J connectivity index is 1.49. The molecule has 1 aliphatic heterocycles. The zero-order chi connectivity index (χ0) is 19.7. The summed E-state index contributed by atoms with van der Waals surface area (Å²) in [5.74, 6) is 0.876. The van der Waals surface area contributed by atoms with E-state index in [9.17, 15) is 4.79 Å². The average molecular weight is 441 g/mol. The first-order valence-electron chi connectivity index (χ1n) is 9.18. The average Bonchev–Trinajstić information content (AvgIpc) is 3.11. The zero-order valence-corrected chi connectivity index (χ0v) is 17.4. The van der Waals surface area contributed by atoms with E-state index in [2.05, 4.69) is 36.1 Å². The SMILES string of the molecule is Cc1cc(-n2nnc(C(=O)N3CCN(c4ccccn4)CC3)c2C)ccc1Br. The van der Waals surface area contributed by atoms with Gasteiger partial charge in [-0.2, -0.15) is 0 Å². The molecule has 2 aromatic heterocycles. The van der Waals surface area contributed by atoms with Gasteiger partial charge in [-0.1, -0.05) is 27.2 Å². The molecule has 28 heavy (non-hydrogen) atoms. The van der Waals surface area contributed by atoms with Crippen molar-refractivity contribution in [2.45, 2.75) is 13.8 Å². The van der Waals surface area contributed by atoms with Crippen molar-refractivity contribution in [1.29, 1.82) is 0 Å². The van der Waals surface area contributed by atoms with Crippen molar-refractivity contribution in [3.8, 4) is 5.69 Å². The van der Waals surface area contributed by atoms with Gasteiger partial charge >= 0.3 is 0 Å². The van der Waals surface area contributed by atoms with Crippen LogP contribution in [0.2, 0.25) is 0 Å². The Hall–Kier alpha value is -2.74. The first-order chi connectivity index (χ1) is 13.5. The number of nitrogens with zero attached hydrogens (tertiary/aromatic N) is 6. The number of carbonyl (C=O) groups excluding carboxylic acids is 1. The first-order valence-corrected chi connectivity index (χ1v) is 9.98. The van der Waals surface area contributed by atoms with Crippen LogP contribution in [-0.4, -0.2) is 57.0 Å². The van der Waals surface area contributed by atoms with Crippen LogP contribution in [0.1, 0.15) is 21.7 Å². The monoisotopic (exact) mass is 440 g/mol. The van der Waals surface area contributed by atoms with Gasteiger partial charge in [0.05, 0.1) is 11.4 Å². The number of pyridine rings is 1. The van der Waals surface area contributed by atoms with E-state index in [-0.39, 0.29) is 5.91 Å². The number of amides is 1. The summed E-state index contributed by atoms with van der Waals surface area (Å²) >= 11 is 3.51. The van der Waals surface area contributed by atoms with E-state index >= 15 is 0 Å². The van der Waals surface area contributed by atoms with Gasteiger partial charge in [-0.3, -0.25) is 4.79 Å². The van der Waals surface area contributed by atoms with Crippen LogP contribution in [0, 0.1) is 13.8 Å². The lowest BCUT2D eigenvalue weighted by Gasteiger charge is -2.35. The minimum Gasteiger partial charge on any atom is -0.353 e. The van der Waals surface area contributed by atoms with Crippen molar-refractivity contribution in [2.75, 3.05) is 31.1 Å². The molecule has 3 aromatic rings. The zero-order valence-electron chi connectivity index (χ0n) is 15.8. The van der Waals surface area contributed by atoms with Crippen LogP contribution in [0.5, 0.6) is 0 Å². The van der Waals surface area contributed by atoms with E-state index in [1.54, 1.807) is 10.9 Å². The van der Waals surface area contributed by atoms with Gasteiger partial charge in [0.2, 0.25) is 0 Å². The second-order valence-corrected chi connectivity index (χ2v) is 7.69. The third kappa shape index (κ3) is 3.52. The summed E-state index contributed by atoms with van der Waals surface area (Å²) in [7, 11) is 0. The van der Waals surface area contributed by atoms with Crippen LogP contribution in [0.25, 0.3) is 5.69 Å². The third-order valence-electron chi connectivity index (χ3n) is 5.02. The second-order valence-electron chi connectivity index (χ2n) is 6.84. The molecule has 144 valence electrons. The van der Waals surface area contributed by atoms with Gasteiger partial charge in [0.15, 0.2) is 5.69 Å². The van der Waals surface area contributed by atoms with Crippen molar-refractivity contribution in [2.24, 2.45) is 0 Å². The molecule has 1 saturated heterocycles. The van der Waals surface area contributed by atoms with Crippen LogP contribution < -0.4 is 4.90 Å². The molecule has 0 unspecified atom stereocenters. The van der Waals surface area contributed by atoms with Crippen LogP contribution in [-0.2, 0) is 0 Å². The Kier molecular flexibility index (Phi) is 5.13. The lowest BCUT2D eigenvalue weighted by molar-refractivity contribution is 0.0739. The van der Waals surface area contributed by atoms with Gasteiger partial charge in [-0.05, 0) is 49.7 Å². The summed E-state index contributed by atoms with van der Waals surface area (Å²) < 4.78 is 2.76. The lowest BCUT2D eigenvalue weighted by Crippen LogP contribution is -2.49. The van der Waals surface area contributed by atoms with Crippen molar-refractivity contribution in [3.63, 3.8) is 0 Å². The summed E-state index contributed by atoms with van der Waals surface area (Å²) in [4.78, 5) is 21.4. The highest BCUT2D eigenvalue weighted by Gasteiger charge is 2.27. The molecule has 4 rings (SSSR count). The molecule has 0 aliphatic carbocycles. The third-order valence-corrected chi connectivity index (χ3v) is 5.91. The standard InChI is InChI=1S/C20H21BrN6O/c1-14-13-16(6-7-17(14)21)27-15(2)19(23-24-27)20(28)26-11-9-25(10-12-26)18-5-3-4-8-22-18/h3-8,13H,9-12H2,1-2H3. The number of piperazine rings is 1. The molecule has 0 spiro atoms. The van der Waals surface area contributed by atoms with Crippen LogP contribution >= 0.6 is 15.9 Å². The van der Waals surface area contributed by atoms with E-state index < -0.39 is 0 Å². The fourth-order valence-electron chi connectivity index (χ4n) is 3.36. The molecule has 0 saturated carbocycles. The van der Waals surface area contributed by atoms with E-state index in [0.717, 1.165) is 40.3 Å². The Morgan fingerprint density at radius 3 is 2.54 bits per heavy atom. The number of benzene rings is 1. The summed E-state index contributed by atoms with van der Waals surface area (Å²) in [6, 6.07) is 11.8. The summed E-state index contributed by atoms with van der Waals surface area (Å²) in [5.41, 5.74) is 3.15. The summed E-state index contributed by atoms with van der Waals surface area (Å²) in [6.07, 6.45) is 1.79. The molecular formula is C20H21BrN6O. The van der Waals surface area contributed by atoms with Crippen molar-refractivity contribution in [1.82, 2.24) is 24.9 Å². The Morgan fingerprint density at radius 1 is 1.07 bits per heavy atom. The maximum Gasteiger partial charge on any atom is 0.276 e. The first kappa shape index (κ1) is 18.6. The minimum atomic E-state index is -0.0711. The predicted octanol–water partition coefficient (Wildman–Crippen LogP) is 3.00. The Bertz CT molecular complexity index is 995. The molecule has 1 aromatic carbocycles. The molecule has 0 N–H and O–H groups in total. The van der Waals surface area contributed by atoms with E-state index in [1.165, 1.54) is 0 Å². The molecule has 0 bridgehead atoms. The number of hydrogen-bond acceptors (Lipinski definition) is 5. The highest BCUT2D eigenvalue weighted by molar-refractivity contribution is 9.10. The molecule has 0 atom stereocenters. The number of rotatable bonds is 3. The Morgan fingerprint density at radius 2 is 1.86 bits per heavy atom. The molecule has 7 nitrogen and oxygen atoms in total. The van der Waals surface area contributed by atoms with Crippen molar-refractivity contribution < 1.29 is 4.79 Å². The number of hydrogen-bond donors (Lipinski definition) is 0. The summed E-state index contributed by atoms with van der Waals surface area (Å²) in [5, 5.41) is 8.40. The maximum absolute atomic E-state index is 13.0. The smallest absolute Gasteiger partial charge is 0.276 e. The van der Waals surface area contributed by atoms with Crippen LogP contribution in [0.3, 0.4) is 0 Å². The van der Waals surface area contributed by atoms with Crippen molar-refractivity contribution >= 4 is 27.7 Å². The highest BCUT2D eigenvalue weighted by atomic mass is 79.9. The molecular weight excluding hydrogens is 420 g/mol. The molecule has 8 heteroatoms. The minimum absolute atomic E-state index is 0.0711. The number of aryl methyl sites for hydroxylation is 1. The number of halogens is 1. The van der Waals surface area contributed by atoms with E-state index in [1.807, 2.05) is 55.1 Å². The van der Waals surface area contributed by atoms with Gasteiger partial charge in [0, 0.05) is 36.8 Å². The van der Waals surface area contributed by atoms with Crippen molar-refractivity contribution in [3.05, 3.63) is 64.0 Å². The highest BCUT2D eigenvalue weighted by Crippen LogP contribution is 2.21. The predicted molar refractivity (Wildman–Crippen MR) is 111 cm³/mol. The summed E-state index contributed by atoms with van der Waals surface area (Å²) in [6.45, 7) is 6.68. The fourth-order valence-corrected chi connectivity index (χ4v) is 3.61. The normalized spacial score (nSPS) is 14.4. The quantitative estimate of drug-likeness (QED) is 0.625. The number of anilines is 1. The molecule has 0 radical (unpaired) electrons. The van der Waals surface area contributed by atoms with Gasteiger partial charge in [0.1, 0.15) is 5.82 Å². The Labute approximate surface area is 172 Å². The maximum atomic E-state index is 13.0.